The summed E-state index contributed by atoms with van der Waals surface area (Å²) in [7, 11) is 0. The number of tetrazole rings is 1. The van der Waals surface area contributed by atoms with Crippen molar-refractivity contribution in [3.05, 3.63) is 59.4 Å². The average Bonchev–Trinajstić information content (AvgIpc) is 3.05. The molecule has 1 aromatic heterocycles. The molecule has 3 rings (SSSR count). The van der Waals surface area contributed by atoms with Gasteiger partial charge in [-0.2, -0.15) is 4.68 Å². The number of nitrogens with one attached hydrogen (secondary N) is 1. The van der Waals surface area contributed by atoms with E-state index >= 15 is 0 Å². The van der Waals surface area contributed by atoms with Gasteiger partial charge >= 0.3 is 0 Å². The highest BCUT2D eigenvalue weighted by atomic mass is 35.5. The van der Waals surface area contributed by atoms with Crippen LogP contribution in [0.2, 0.25) is 5.02 Å². The lowest BCUT2D eigenvalue weighted by Gasteiger charge is -2.11. The van der Waals surface area contributed by atoms with E-state index in [1.165, 1.54) is 40.7 Å². The number of rotatable bonds is 5. The Hall–Kier alpha value is -2.45. The third kappa shape index (κ3) is 4.34. The molecule has 0 aliphatic rings. The van der Waals surface area contributed by atoms with E-state index in [2.05, 4.69) is 20.8 Å². The summed E-state index contributed by atoms with van der Waals surface area (Å²) in [6.07, 6.45) is 0. The Labute approximate surface area is 152 Å². The Kier molecular flexibility index (Phi) is 5.30. The molecule has 9 heteroatoms. The highest BCUT2D eigenvalue weighted by molar-refractivity contribution is 8.00. The van der Waals surface area contributed by atoms with E-state index in [1.807, 2.05) is 0 Å². The third-order valence-corrected chi connectivity index (χ3v) is 4.56. The fourth-order valence-corrected chi connectivity index (χ4v) is 2.92. The first kappa shape index (κ1) is 17.4. The zero-order valence-corrected chi connectivity index (χ0v) is 14.6. The van der Waals surface area contributed by atoms with Crippen LogP contribution in [-0.2, 0) is 4.79 Å². The summed E-state index contributed by atoms with van der Waals surface area (Å²) in [5.41, 5.74) is 1.26. The molecule has 1 N–H and O–H groups in total. The van der Waals surface area contributed by atoms with Gasteiger partial charge < -0.3 is 5.32 Å². The molecule has 0 spiro atoms. The van der Waals surface area contributed by atoms with Crippen LogP contribution in [0.3, 0.4) is 0 Å². The molecule has 0 fully saturated rings. The van der Waals surface area contributed by atoms with Gasteiger partial charge in [0.1, 0.15) is 5.82 Å². The van der Waals surface area contributed by atoms with Crippen LogP contribution in [0.25, 0.3) is 5.69 Å². The van der Waals surface area contributed by atoms with Gasteiger partial charge in [-0.25, -0.2) is 4.39 Å². The SMILES string of the molecule is C[C@H](Sc1nnnn1-c1ccc(Cl)cc1)C(=O)Nc1ccc(F)cc1. The van der Waals surface area contributed by atoms with Crippen molar-refractivity contribution in [1.82, 2.24) is 20.2 Å². The van der Waals surface area contributed by atoms with Crippen LogP contribution < -0.4 is 5.32 Å². The molecule has 25 heavy (non-hydrogen) atoms. The molecule has 1 atom stereocenters. The van der Waals surface area contributed by atoms with Crippen molar-refractivity contribution in [2.24, 2.45) is 0 Å². The van der Waals surface area contributed by atoms with Crippen molar-refractivity contribution in [1.29, 1.82) is 0 Å². The van der Waals surface area contributed by atoms with E-state index in [1.54, 1.807) is 31.2 Å². The Balaban J connectivity index is 1.70. The summed E-state index contributed by atoms with van der Waals surface area (Å²) < 4.78 is 14.4. The maximum atomic E-state index is 12.9. The molecule has 1 amide bonds. The van der Waals surface area contributed by atoms with E-state index < -0.39 is 5.25 Å². The maximum absolute atomic E-state index is 12.9. The highest BCUT2D eigenvalue weighted by Gasteiger charge is 2.19. The first-order valence-corrected chi connectivity index (χ1v) is 8.56. The van der Waals surface area contributed by atoms with Crippen LogP contribution in [0.5, 0.6) is 0 Å². The summed E-state index contributed by atoms with van der Waals surface area (Å²) in [6, 6.07) is 12.6. The number of amides is 1. The fourth-order valence-electron chi connectivity index (χ4n) is 1.99. The van der Waals surface area contributed by atoms with Crippen molar-refractivity contribution < 1.29 is 9.18 Å². The van der Waals surface area contributed by atoms with Gasteiger partial charge in [-0.15, -0.1) is 5.10 Å². The second-order valence-corrected chi connectivity index (χ2v) is 6.85. The summed E-state index contributed by atoms with van der Waals surface area (Å²) in [5, 5.41) is 14.9. The molecule has 0 unspecified atom stereocenters. The van der Waals surface area contributed by atoms with Gasteiger partial charge in [-0.1, -0.05) is 23.4 Å². The zero-order chi connectivity index (χ0) is 17.8. The Bertz CT molecular complexity index is 869. The molecule has 128 valence electrons. The molecule has 0 saturated heterocycles. The maximum Gasteiger partial charge on any atom is 0.237 e. The summed E-state index contributed by atoms with van der Waals surface area (Å²) in [6.45, 7) is 1.74. The molecular weight excluding hydrogens is 365 g/mol. The minimum atomic E-state index is -0.456. The number of thioether (sulfide) groups is 1. The number of nitrogens with zero attached hydrogens (tertiary/aromatic N) is 4. The molecule has 3 aromatic rings. The van der Waals surface area contributed by atoms with E-state index in [9.17, 15) is 9.18 Å². The standard InChI is InChI=1S/C16H13ClFN5OS/c1-10(15(24)19-13-6-4-12(18)5-7-13)25-16-20-21-22-23(16)14-8-2-11(17)3-9-14/h2-10H,1H3,(H,19,24)/t10-/m0/s1. The zero-order valence-electron chi connectivity index (χ0n) is 13.1. The van der Waals surface area contributed by atoms with Gasteiger partial charge in [0.05, 0.1) is 10.9 Å². The van der Waals surface area contributed by atoms with E-state index in [0.29, 0.717) is 15.9 Å². The molecule has 0 bridgehead atoms. The molecule has 6 nitrogen and oxygen atoms in total. The van der Waals surface area contributed by atoms with Crippen molar-refractivity contribution in [3.8, 4) is 5.69 Å². The number of carbonyl (C=O) groups excluding carboxylic acids is 1. The minimum absolute atomic E-state index is 0.234. The second-order valence-electron chi connectivity index (χ2n) is 5.11. The molecule has 1 heterocycles. The van der Waals surface area contributed by atoms with Gasteiger partial charge in [0.15, 0.2) is 0 Å². The van der Waals surface area contributed by atoms with Gasteiger partial charge in [0, 0.05) is 10.7 Å². The first-order chi connectivity index (χ1) is 12.0. The second kappa shape index (κ2) is 7.62. The Morgan fingerprint density at radius 2 is 1.88 bits per heavy atom. The first-order valence-electron chi connectivity index (χ1n) is 7.30. The van der Waals surface area contributed by atoms with Crippen LogP contribution in [0.4, 0.5) is 10.1 Å². The van der Waals surface area contributed by atoms with Crippen molar-refractivity contribution >= 4 is 35.0 Å². The third-order valence-electron chi connectivity index (χ3n) is 3.28. The fraction of sp³-hybridized carbons (Fsp3) is 0.125. The van der Waals surface area contributed by atoms with Crippen LogP contribution in [-0.4, -0.2) is 31.4 Å². The molecule has 0 aliphatic heterocycles. The van der Waals surface area contributed by atoms with Crippen LogP contribution >= 0.6 is 23.4 Å². The van der Waals surface area contributed by atoms with Crippen molar-refractivity contribution in [3.63, 3.8) is 0 Å². The van der Waals surface area contributed by atoms with E-state index in [-0.39, 0.29) is 11.7 Å². The van der Waals surface area contributed by atoms with Crippen LogP contribution in [0.1, 0.15) is 6.92 Å². The van der Waals surface area contributed by atoms with Crippen molar-refractivity contribution in [2.75, 3.05) is 5.32 Å². The summed E-state index contributed by atoms with van der Waals surface area (Å²) in [5.74, 6) is -0.593. The number of aromatic nitrogens is 4. The van der Waals surface area contributed by atoms with Gasteiger partial charge in [-0.05, 0) is 65.9 Å². The summed E-state index contributed by atoms with van der Waals surface area (Å²) in [4.78, 5) is 12.3. The lowest BCUT2D eigenvalue weighted by Crippen LogP contribution is -2.22. The Morgan fingerprint density at radius 3 is 2.56 bits per heavy atom. The number of hydrogen-bond acceptors (Lipinski definition) is 5. The number of carbonyl (C=O) groups is 1. The largest absolute Gasteiger partial charge is 0.325 e. The predicted octanol–water partition coefficient (Wildman–Crippen LogP) is 3.57. The predicted molar refractivity (Wildman–Crippen MR) is 94.5 cm³/mol. The number of benzene rings is 2. The van der Waals surface area contributed by atoms with E-state index in [4.69, 9.17) is 11.6 Å². The number of hydrogen-bond donors (Lipinski definition) is 1. The molecule has 0 saturated carbocycles. The van der Waals surface area contributed by atoms with Gasteiger partial charge in [-0.3, -0.25) is 4.79 Å². The lowest BCUT2D eigenvalue weighted by atomic mass is 10.3. The monoisotopic (exact) mass is 377 g/mol. The molecule has 0 radical (unpaired) electrons. The normalized spacial score (nSPS) is 12.0. The quantitative estimate of drug-likeness (QED) is 0.688. The number of halogens is 2. The van der Waals surface area contributed by atoms with Crippen molar-refractivity contribution in [2.45, 2.75) is 17.3 Å². The minimum Gasteiger partial charge on any atom is -0.325 e. The molecule has 2 aromatic carbocycles. The topological polar surface area (TPSA) is 72.7 Å². The van der Waals surface area contributed by atoms with Crippen LogP contribution in [0, 0.1) is 5.82 Å². The smallest absolute Gasteiger partial charge is 0.237 e. The van der Waals surface area contributed by atoms with Gasteiger partial charge in [0.2, 0.25) is 11.1 Å². The van der Waals surface area contributed by atoms with Gasteiger partial charge in [0.25, 0.3) is 0 Å². The highest BCUT2D eigenvalue weighted by Crippen LogP contribution is 2.24. The molecular formula is C16H13ClFN5OS. The Morgan fingerprint density at radius 1 is 1.20 bits per heavy atom. The summed E-state index contributed by atoms with van der Waals surface area (Å²) >= 11 is 7.10. The lowest BCUT2D eigenvalue weighted by molar-refractivity contribution is -0.115. The molecule has 0 aliphatic carbocycles. The number of anilines is 1. The van der Waals surface area contributed by atoms with Crippen LogP contribution in [0.15, 0.2) is 53.7 Å². The average molecular weight is 378 g/mol. The van der Waals surface area contributed by atoms with E-state index in [0.717, 1.165) is 5.69 Å².